The summed E-state index contributed by atoms with van der Waals surface area (Å²) in [5, 5.41) is 10.9. The molecule has 0 bridgehead atoms. The van der Waals surface area contributed by atoms with Crippen LogP contribution in [0, 0.1) is 11.8 Å². The third-order valence-corrected chi connectivity index (χ3v) is 2.30. The minimum absolute atomic E-state index is 0.173. The number of rotatable bonds is 6. The summed E-state index contributed by atoms with van der Waals surface area (Å²) in [6, 6.07) is 0. The molecule has 1 aliphatic rings. The highest BCUT2D eigenvalue weighted by Gasteiger charge is 2.32. The normalized spacial score (nSPS) is 24.4. The largest absolute Gasteiger partial charge is 0.480 e. The zero-order valence-electron chi connectivity index (χ0n) is 8.16. The van der Waals surface area contributed by atoms with Crippen molar-refractivity contribution in [1.29, 1.82) is 0 Å². The zero-order valence-corrected chi connectivity index (χ0v) is 8.16. The highest BCUT2D eigenvalue weighted by atomic mass is 16.5. The highest BCUT2D eigenvalue weighted by molar-refractivity contribution is 5.77. The van der Waals surface area contributed by atoms with Crippen molar-refractivity contribution in [3.8, 4) is 0 Å². The van der Waals surface area contributed by atoms with Gasteiger partial charge in [0.15, 0.2) is 0 Å². The van der Waals surface area contributed by atoms with Gasteiger partial charge in [-0.3, -0.25) is 4.79 Å². The van der Waals surface area contributed by atoms with Gasteiger partial charge in [-0.2, -0.15) is 0 Å². The molecule has 0 aromatic rings. The maximum atomic E-state index is 11.0. The standard InChI is InChI=1S/C9H15NO4/c1-6-2-7(6)3-10-8(11)4-14-5-9(12)13/h6-7H,2-5H2,1H3,(H,10,11)(H,12,13). The number of nitrogens with one attached hydrogen (secondary N) is 1. The number of carbonyl (C=O) groups excluding carboxylic acids is 1. The summed E-state index contributed by atoms with van der Waals surface area (Å²) in [4.78, 5) is 21.1. The molecule has 0 aromatic carbocycles. The fraction of sp³-hybridized carbons (Fsp3) is 0.778. The van der Waals surface area contributed by atoms with Crippen molar-refractivity contribution in [3.63, 3.8) is 0 Å². The fourth-order valence-corrected chi connectivity index (χ4v) is 1.21. The SMILES string of the molecule is CC1CC1CNC(=O)COCC(=O)O. The molecule has 5 nitrogen and oxygen atoms in total. The number of hydrogen-bond acceptors (Lipinski definition) is 3. The first kappa shape index (κ1) is 11.0. The molecule has 2 N–H and O–H groups in total. The summed E-state index contributed by atoms with van der Waals surface area (Å²) in [7, 11) is 0. The molecule has 2 atom stereocenters. The third kappa shape index (κ3) is 4.23. The second-order valence-corrected chi connectivity index (χ2v) is 3.66. The molecule has 0 aromatic heterocycles. The molecule has 0 heterocycles. The molecule has 1 fully saturated rings. The first-order valence-corrected chi connectivity index (χ1v) is 4.66. The number of carbonyl (C=O) groups is 2. The van der Waals surface area contributed by atoms with E-state index in [1.54, 1.807) is 0 Å². The number of carboxylic acid groups (broad SMARTS) is 1. The monoisotopic (exact) mass is 201 g/mol. The Bertz CT molecular complexity index is 229. The number of carboxylic acids is 1. The minimum atomic E-state index is -1.06. The molecule has 80 valence electrons. The van der Waals surface area contributed by atoms with E-state index < -0.39 is 12.6 Å². The van der Waals surface area contributed by atoms with Gasteiger partial charge in [0.2, 0.25) is 5.91 Å². The van der Waals surface area contributed by atoms with Crippen molar-refractivity contribution in [2.24, 2.45) is 11.8 Å². The Hall–Kier alpha value is -1.10. The van der Waals surface area contributed by atoms with Gasteiger partial charge in [-0.25, -0.2) is 4.79 Å². The van der Waals surface area contributed by atoms with E-state index in [2.05, 4.69) is 17.0 Å². The summed E-state index contributed by atoms with van der Waals surface area (Å²) in [6.07, 6.45) is 1.16. The van der Waals surface area contributed by atoms with Crippen LogP contribution in [0.2, 0.25) is 0 Å². The Morgan fingerprint density at radius 3 is 2.64 bits per heavy atom. The van der Waals surface area contributed by atoms with Gasteiger partial charge in [0.25, 0.3) is 0 Å². The number of aliphatic carboxylic acids is 1. The van der Waals surface area contributed by atoms with Gasteiger partial charge < -0.3 is 15.2 Å². The topological polar surface area (TPSA) is 75.6 Å². The van der Waals surface area contributed by atoms with E-state index in [1.807, 2.05) is 0 Å². The van der Waals surface area contributed by atoms with Gasteiger partial charge >= 0.3 is 5.97 Å². The van der Waals surface area contributed by atoms with Gasteiger partial charge in [0.05, 0.1) is 0 Å². The first-order valence-electron chi connectivity index (χ1n) is 4.66. The second-order valence-electron chi connectivity index (χ2n) is 3.66. The van der Waals surface area contributed by atoms with Crippen molar-refractivity contribution in [2.45, 2.75) is 13.3 Å². The Balaban J connectivity index is 1.96. The van der Waals surface area contributed by atoms with E-state index in [9.17, 15) is 9.59 Å². The molecule has 1 amide bonds. The van der Waals surface area contributed by atoms with Crippen molar-refractivity contribution in [1.82, 2.24) is 5.32 Å². The van der Waals surface area contributed by atoms with Gasteiger partial charge in [0, 0.05) is 6.54 Å². The first-order chi connectivity index (χ1) is 6.59. The Morgan fingerprint density at radius 1 is 1.50 bits per heavy atom. The molecule has 1 saturated carbocycles. The van der Waals surface area contributed by atoms with Crippen LogP contribution in [0.25, 0.3) is 0 Å². The van der Waals surface area contributed by atoms with E-state index >= 15 is 0 Å². The van der Waals surface area contributed by atoms with E-state index in [0.717, 1.165) is 6.42 Å². The van der Waals surface area contributed by atoms with Gasteiger partial charge in [0.1, 0.15) is 13.2 Å². The van der Waals surface area contributed by atoms with E-state index in [-0.39, 0.29) is 12.5 Å². The molecule has 0 aliphatic heterocycles. The predicted octanol–water partition coefficient (Wildman–Crippen LogP) is -0.140. The molecular weight excluding hydrogens is 186 g/mol. The summed E-state index contributed by atoms with van der Waals surface area (Å²) in [5.74, 6) is -0.00683. The Labute approximate surface area is 82.4 Å². The average Bonchev–Trinajstić information content (AvgIpc) is 2.78. The van der Waals surface area contributed by atoms with Crippen molar-refractivity contribution < 1.29 is 19.4 Å². The molecule has 0 spiro atoms. The van der Waals surface area contributed by atoms with Crippen LogP contribution in [-0.2, 0) is 14.3 Å². The number of amides is 1. The van der Waals surface area contributed by atoms with Crippen LogP contribution >= 0.6 is 0 Å². The molecule has 1 aliphatic carbocycles. The van der Waals surface area contributed by atoms with Crippen molar-refractivity contribution in [3.05, 3.63) is 0 Å². The Morgan fingerprint density at radius 2 is 2.14 bits per heavy atom. The van der Waals surface area contributed by atoms with Crippen LogP contribution in [0.3, 0.4) is 0 Å². The van der Waals surface area contributed by atoms with Crippen molar-refractivity contribution in [2.75, 3.05) is 19.8 Å². The van der Waals surface area contributed by atoms with Gasteiger partial charge in [-0.05, 0) is 18.3 Å². The Kier molecular flexibility index (Phi) is 3.88. The molecular formula is C9H15NO4. The van der Waals surface area contributed by atoms with Crippen LogP contribution in [0.1, 0.15) is 13.3 Å². The molecule has 0 radical (unpaired) electrons. The fourth-order valence-electron chi connectivity index (χ4n) is 1.21. The summed E-state index contributed by atoms with van der Waals surface area (Å²) in [5.41, 5.74) is 0. The smallest absolute Gasteiger partial charge is 0.329 e. The molecule has 1 rings (SSSR count). The average molecular weight is 201 g/mol. The highest BCUT2D eigenvalue weighted by Crippen LogP contribution is 2.36. The predicted molar refractivity (Wildman–Crippen MR) is 48.7 cm³/mol. The lowest BCUT2D eigenvalue weighted by molar-refractivity contribution is -0.143. The van der Waals surface area contributed by atoms with Crippen LogP contribution in [0.15, 0.2) is 0 Å². The summed E-state index contributed by atoms with van der Waals surface area (Å²) >= 11 is 0. The van der Waals surface area contributed by atoms with Crippen molar-refractivity contribution >= 4 is 11.9 Å². The lowest BCUT2D eigenvalue weighted by Gasteiger charge is -2.03. The second kappa shape index (κ2) is 4.95. The third-order valence-electron chi connectivity index (χ3n) is 2.30. The summed E-state index contributed by atoms with van der Waals surface area (Å²) < 4.78 is 4.62. The van der Waals surface area contributed by atoms with E-state index in [0.29, 0.717) is 18.4 Å². The zero-order chi connectivity index (χ0) is 10.6. The minimum Gasteiger partial charge on any atom is -0.480 e. The lowest BCUT2D eigenvalue weighted by atomic mass is 10.3. The van der Waals surface area contributed by atoms with Crippen LogP contribution in [0.4, 0.5) is 0 Å². The van der Waals surface area contributed by atoms with Crippen LogP contribution in [0.5, 0.6) is 0 Å². The molecule has 14 heavy (non-hydrogen) atoms. The molecule has 2 unspecified atom stereocenters. The van der Waals surface area contributed by atoms with Crippen LogP contribution < -0.4 is 5.32 Å². The molecule has 5 heteroatoms. The molecule has 0 saturated heterocycles. The quantitative estimate of drug-likeness (QED) is 0.627. The number of ether oxygens (including phenoxy) is 1. The number of hydrogen-bond donors (Lipinski definition) is 2. The van der Waals surface area contributed by atoms with E-state index in [4.69, 9.17) is 5.11 Å². The lowest BCUT2D eigenvalue weighted by Crippen LogP contribution is -2.30. The summed E-state index contributed by atoms with van der Waals surface area (Å²) in [6.45, 7) is 2.22. The van der Waals surface area contributed by atoms with E-state index in [1.165, 1.54) is 0 Å². The maximum absolute atomic E-state index is 11.0. The van der Waals surface area contributed by atoms with Gasteiger partial charge in [-0.1, -0.05) is 6.92 Å². The van der Waals surface area contributed by atoms with Gasteiger partial charge in [-0.15, -0.1) is 0 Å². The van der Waals surface area contributed by atoms with Crippen LogP contribution in [-0.4, -0.2) is 36.7 Å². The maximum Gasteiger partial charge on any atom is 0.329 e.